The van der Waals surface area contributed by atoms with E-state index in [0.29, 0.717) is 18.7 Å². The lowest BCUT2D eigenvalue weighted by atomic mass is 10.0. The van der Waals surface area contributed by atoms with Crippen molar-refractivity contribution < 1.29 is 14.3 Å². The number of nitrogens with zero attached hydrogens (tertiary/aromatic N) is 2. The predicted molar refractivity (Wildman–Crippen MR) is 123 cm³/mol. The van der Waals surface area contributed by atoms with Crippen LogP contribution in [0.3, 0.4) is 0 Å². The van der Waals surface area contributed by atoms with Crippen LogP contribution in [0.2, 0.25) is 0 Å². The number of benzene rings is 2. The van der Waals surface area contributed by atoms with E-state index in [1.165, 1.54) is 0 Å². The Morgan fingerprint density at radius 3 is 2.81 bits per heavy atom. The third kappa shape index (κ3) is 5.40. The van der Waals surface area contributed by atoms with Crippen molar-refractivity contribution in [2.24, 2.45) is 0 Å². The van der Waals surface area contributed by atoms with Crippen LogP contribution in [0, 0.1) is 0 Å². The molecule has 3 aromatic rings. The van der Waals surface area contributed by atoms with Gasteiger partial charge in [-0.25, -0.2) is 4.98 Å². The summed E-state index contributed by atoms with van der Waals surface area (Å²) in [5.74, 6) is 0.729. The molecular formula is C25H29N3O3. The van der Waals surface area contributed by atoms with E-state index in [4.69, 9.17) is 14.5 Å². The van der Waals surface area contributed by atoms with Gasteiger partial charge in [-0.15, -0.1) is 0 Å². The number of amides is 1. The highest BCUT2D eigenvalue weighted by atomic mass is 16.5. The van der Waals surface area contributed by atoms with Gasteiger partial charge in [0, 0.05) is 30.6 Å². The minimum atomic E-state index is -0.0669. The molecule has 4 rings (SSSR count). The smallest absolute Gasteiger partial charge is 0.252 e. The summed E-state index contributed by atoms with van der Waals surface area (Å²) in [6.45, 7) is 7.69. The Kier molecular flexibility index (Phi) is 7.12. The SMILES string of the molecule is CCOc1cccc(-c2cc(C(=O)NCCCN3CCOCC3)c3ccccc3n2)c1. The van der Waals surface area contributed by atoms with E-state index < -0.39 is 0 Å². The van der Waals surface area contributed by atoms with Crippen LogP contribution >= 0.6 is 0 Å². The van der Waals surface area contributed by atoms with Crippen LogP contribution in [0.1, 0.15) is 23.7 Å². The van der Waals surface area contributed by atoms with Gasteiger partial charge in [-0.1, -0.05) is 30.3 Å². The molecule has 0 radical (unpaired) electrons. The second-order valence-electron chi connectivity index (χ2n) is 7.60. The quantitative estimate of drug-likeness (QED) is 0.564. The molecule has 1 N–H and O–H groups in total. The largest absolute Gasteiger partial charge is 0.494 e. The molecule has 1 saturated heterocycles. The summed E-state index contributed by atoms with van der Waals surface area (Å²) in [6, 6.07) is 17.5. The number of aromatic nitrogens is 1. The first kappa shape index (κ1) is 21.3. The molecule has 2 aromatic carbocycles. The van der Waals surface area contributed by atoms with Crippen molar-refractivity contribution >= 4 is 16.8 Å². The molecular weight excluding hydrogens is 390 g/mol. The molecule has 0 saturated carbocycles. The van der Waals surface area contributed by atoms with Crippen molar-refractivity contribution in [3.8, 4) is 17.0 Å². The van der Waals surface area contributed by atoms with E-state index in [1.54, 1.807) is 0 Å². The van der Waals surface area contributed by atoms with Crippen LogP contribution in [0.15, 0.2) is 54.6 Å². The zero-order valence-corrected chi connectivity index (χ0v) is 18.0. The fraction of sp³-hybridized carbons (Fsp3) is 0.360. The molecule has 1 amide bonds. The molecule has 1 fully saturated rings. The fourth-order valence-electron chi connectivity index (χ4n) is 3.85. The van der Waals surface area contributed by atoms with Gasteiger partial charge < -0.3 is 14.8 Å². The number of fused-ring (bicyclic) bond motifs is 1. The van der Waals surface area contributed by atoms with Crippen molar-refractivity contribution in [3.63, 3.8) is 0 Å². The lowest BCUT2D eigenvalue weighted by Crippen LogP contribution is -2.38. The highest BCUT2D eigenvalue weighted by molar-refractivity contribution is 6.07. The van der Waals surface area contributed by atoms with E-state index in [-0.39, 0.29) is 5.91 Å². The van der Waals surface area contributed by atoms with Gasteiger partial charge in [0.1, 0.15) is 5.75 Å². The van der Waals surface area contributed by atoms with Crippen molar-refractivity contribution in [1.29, 1.82) is 0 Å². The molecule has 0 unspecified atom stereocenters. The Bertz CT molecular complexity index is 1030. The maximum atomic E-state index is 13.1. The number of rotatable bonds is 8. The first-order valence-electron chi connectivity index (χ1n) is 11.0. The zero-order valence-electron chi connectivity index (χ0n) is 18.0. The average molecular weight is 420 g/mol. The van der Waals surface area contributed by atoms with Crippen molar-refractivity contribution in [1.82, 2.24) is 15.2 Å². The highest BCUT2D eigenvalue weighted by Crippen LogP contribution is 2.27. The maximum absolute atomic E-state index is 13.1. The number of hydrogen-bond donors (Lipinski definition) is 1. The lowest BCUT2D eigenvalue weighted by Gasteiger charge is -2.26. The Morgan fingerprint density at radius 2 is 1.97 bits per heavy atom. The van der Waals surface area contributed by atoms with Crippen molar-refractivity contribution in [2.45, 2.75) is 13.3 Å². The molecule has 0 aliphatic carbocycles. The van der Waals surface area contributed by atoms with Gasteiger partial charge in [0.15, 0.2) is 0 Å². The molecule has 31 heavy (non-hydrogen) atoms. The van der Waals surface area contributed by atoms with Gasteiger partial charge in [-0.3, -0.25) is 9.69 Å². The fourth-order valence-corrected chi connectivity index (χ4v) is 3.85. The van der Waals surface area contributed by atoms with Crippen molar-refractivity contribution in [2.75, 3.05) is 46.0 Å². The number of para-hydroxylation sites is 1. The Labute approximate surface area is 183 Å². The molecule has 0 spiro atoms. The number of pyridine rings is 1. The molecule has 0 atom stereocenters. The summed E-state index contributed by atoms with van der Waals surface area (Å²) in [4.78, 5) is 20.2. The monoisotopic (exact) mass is 419 g/mol. The normalized spacial score (nSPS) is 14.5. The Balaban J connectivity index is 1.52. The molecule has 1 aromatic heterocycles. The van der Waals surface area contributed by atoms with E-state index in [9.17, 15) is 4.79 Å². The van der Waals surface area contributed by atoms with E-state index in [2.05, 4.69) is 10.2 Å². The van der Waals surface area contributed by atoms with Gasteiger partial charge in [0.05, 0.1) is 36.6 Å². The molecule has 6 heteroatoms. The topological polar surface area (TPSA) is 63.7 Å². The summed E-state index contributed by atoms with van der Waals surface area (Å²) in [5, 5.41) is 3.95. The van der Waals surface area contributed by atoms with Crippen molar-refractivity contribution in [3.05, 3.63) is 60.2 Å². The van der Waals surface area contributed by atoms with E-state index in [1.807, 2.05) is 61.5 Å². The Hall–Kier alpha value is -2.96. The highest BCUT2D eigenvalue weighted by Gasteiger charge is 2.15. The molecule has 1 aliphatic heterocycles. The Morgan fingerprint density at radius 1 is 1.13 bits per heavy atom. The second-order valence-corrected chi connectivity index (χ2v) is 7.60. The van der Waals surface area contributed by atoms with E-state index in [0.717, 1.165) is 67.2 Å². The molecule has 0 bridgehead atoms. The van der Waals surface area contributed by atoms with Crippen LogP contribution in [-0.2, 0) is 4.74 Å². The van der Waals surface area contributed by atoms with Gasteiger partial charge in [-0.05, 0) is 44.2 Å². The zero-order chi connectivity index (χ0) is 21.5. The minimum Gasteiger partial charge on any atom is -0.494 e. The number of nitrogens with one attached hydrogen (secondary N) is 1. The first-order chi connectivity index (χ1) is 15.2. The van der Waals surface area contributed by atoms with Crippen LogP contribution in [0.4, 0.5) is 0 Å². The maximum Gasteiger partial charge on any atom is 0.252 e. The van der Waals surface area contributed by atoms with Crippen LogP contribution < -0.4 is 10.1 Å². The van der Waals surface area contributed by atoms with Gasteiger partial charge in [0.2, 0.25) is 0 Å². The third-order valence-electron chi connectivity index (χ3n) is 5.44. The van der Waals surface area contributed by atoms with Crippen LogP contribution in [0.25, 0.3) is 22.2 Å². The summed E-state index contributed by atoms with van der Waals surface area (Å²) in [7, 11) is 0. The predicted octanol–water partition coefficient (Wildman–Crippen LogP) is 3.75. The summed E-state index contributed by atoms with van der Waals surface area (Å²) >= 11 is 0. The summed E-state index contributed by atoms with van der Waals surface area (Å²) in [5.41, 5.74) is 3.14. The first-order valence-corrected chi connectivity index (χ1v) is 11.0. The molecule has 1 aliphatic rings. The molecule has 2 heterocycles. The number of morpholine rings is 1. The lowest BCUT2D eigenvalue weighted by molar-refractivity contribution is 0.0374. The van der Waals surface area contributed by atoms with Gasteiger partial charge in [-0.2, -0.15) is 0 Å². The van der Waals surface area contributed by atoms with Crippen LogP contribution in [-0.4, -0.2) is 61.8 Å². The molecule has 6 nitrogen and oxygen atoms in total. The number of ether oxygens (including phenoxy) is 2. The third-order valence-corrected chi connectivity index (χ3v) is 5.44. The number of hydrogen-bond acceptors (Lipinski definition) is 5. The second kappa shape index (κ2) is 10.4. The summed E-state index contributed by atoms with van der Waals surface area (Å²) < 4.78 is 11.0. The van der Waals surface area contributed by atoms with Gasteiger partial charge >= 0.3 is 0 Å². The molecule has 162 valence electrons. The minimum absolute atomic E-state index is 0.0669. The van der Waals surface area contributed by atoms with E-state index >= 15 is 0 Å². The number of carbonyl (C=O) groups excluding carboxylic acids is 1. The van der Waals surface area contributed by atoms with Crippen LogP contribution in [0.5, 0.6) is 5.75 Å². The van der Waals surface area contributed by atoms with Gasteiger partial charge in [0.25, 0.3) is 5.91 Å². The summed E-state index contributed by atoms with van der Waals surface area (Å²) in [6.07, 6.45) is 0.915. The number of carbonyl (C=O) groups is 1. The standard InChI is InChI=1S/C25H29N3O3/c1-2-31-20-8-5-7-19(17-20)24-18-22(21-9-3-4-10-23(21)27-24)25(29)26-11-6-12-28-13-15-30-16-14-28/h3-5,7-10,17-18H,2,6,11-16H2,1H3,(H,26,29). The average Bonchev–Trinajstić information content (AvgIpc) is 2.82.